The average Bonchev–Trinajstić information content (AvgIpc) is 3.36. The summed E-state index contributed by atoms with van der Waals surface area (Å²) < 4.78 is 0. The maximum atomic E-state index is 13.7. The van der Waals surface area contributed by atoms with Gasteiger partial charge >= 0.3 is 5.97 Å². The number of benzene rings is 4. The molecule has 2 heterocycles. The molecule has 0 aliphatic carbocycles. The van der Waals surface area contributed by atoms with Gasteiger partial charge in [-0.1, -0.05) is 48.5 Å². The van der Waals surface area contributed by atoms with Crippen molar-refractivity contribution in [3.05, 3.63) is 114 Å². The van der Waals surface area contributed by atoms with Crippen LogP contribution in [-0.4, -0.2) is 39.4 Å². The second kappa shape index (κ2) is 9.90. The Labute approximate surface area is 223 Å². The number of carboxylic acids is 1. The second-order valence-electron chi connectivity index (χ2n) is 9.42. The first-order chi connectivity index (χ1) is 19.0. The second-order valence-corrected chi connectivity index (χ2v) is 9.42. The zero-order chi connectivity index (χ0) is 26.9. The first-order valence-electron chi connectivity index (χ1n) is 12.5. The fourth-order valence-corrected chi connectivity index (χ4v) is 5.14. The fraction of sp³-hybridized carbons (Fsp3) is 0.0968. The zero-order valence-corrected chi connectivity index (χ0v) is 20.8. The fourth-order valence-electron chi connectivity index (χ4n) is 5.14. The molecule has 39 heavy (non-hydrogen) atoms. The van der Waals surface area contributed by atoms with E-state index in [9.17, 15) is 19.5 Å². The summed E-state index contributed by atoms with van der Waals surface area (Å²) in [5, 5.41) is 12.5. The first kappa shape index (κ1) is 24.1. The Bertz CT molecular complexity index is 1690. The van der Waals surface area contributed by atoms with E-state index >= 15 is 0 Å². The van der Waals surface area contributed by atoms with Crippen molar-refractivity contribution in [2.45, 2.75) is 12.3 Å². The largest absolute Gasteiger partial charge is 0.481 e. The average molecular weight is 517 g/mol. The number of anilines is 2. The number of amides is 2. The van der Waals surface area contributed by atoms with Crippen LogP contribution in [0, 0.1) is 0 Å². The van der Waals surface area contributed by atoms with E-state index in [0.29, 0.717) is 28.1 Å². The van der Waals surface area contributed by atoms with Crippen molar-refractivity contribution in [2.75, 3.05) is 16.8 Å². The maximum absolute atomic E-state index is 13.7. The Balaban J connectivity index is 1.26. The molecular weight excluding hydrogens is 492 g/mol. The summed E-state index contributed by atoms with van der Waals surface area (Å²) in [7, 11) is 0. The summed E-state index contributed by atoms with van der Waals surface area (Å²) in [6.07, 6.45) is -0.168. The molecule has 1 aliphatic rings. The highest BCUT2D eigenvalue weighted by atomic mass is 16.4. The molecule has 1 unspecified atom stereocenters. The van der Waals surface area contributed by atoms with Crippen LogP contribution in [-0.2, 0) is 9.59 Å². The van der Waals surface area contributed by atoms with Gasteiger partial charge in [-0.15, -0.1) is 0 Å². The molecule has 0 saturated heterocycles. The normalized spacial score (nSPS) is 14.4. The Hall–Kier alpha value is -5.24. The van der Waals surface area contributed by atoms with Crippen molar-refractivity contribution < 1.29 is 19.5 Å². The smallest absolute Gasteiger partial charge is 0.304 e. The molecular formula is C31H24N4O4. The molecule has 2 amide bonds. The molecule has 0 fully saturated rings. The number of fused-ring (bicyclic) bond motifs is 3. The predicted molar refractivity (Wildman–Crippen MR) is 149 cm³/mol. The number of para-hydroxylation sites is 3. The minimum atomic E-state index is -0.964. The van der Waals surface area contributed by atoms with Crippen molar-refractivity contribution in [1.82, 2.24) is 9.97 Å². The van der Waals surface area contributed by atoms with Gasteiger partial charge < -0.3 is 15.4 Å². The van der Waals surface area contributed by atoms with Gasteiger partial charge in [-0.05, 0) is 59.7 Å². The number of nitrogens with zero attached hydrogens (tertiary/aromatic N) is 2. The molecule has 4 aromatic carbocycles. The number of rotatable bonds is 6. The molecule has 0 spiro atoms. The molecule has 1 aliphatic heterocycles. The van der Waals surface area contributed by atoms with Crippen LogP contribution in [0.4, 0.5) is 11.4 Å². The van der Waals surface area contributed by atoms with Gasteiger partial charge in [-0.25, -0.2) is 4.98 Å². The topological polar surface area (TPSA) is 115 Å². The van der Waals surface area contributed by atoms with Gasteiger partial charge in [0.15, 0.2) is 0 Å². The van der Waals surface area contributed by atoms with Crippen LogP contribution in [0.2, 0.25) is 0 Å². The standard InChI is InChI=1S/C31H24N4O4/c36-28(32-20-15-13-19(14-16-20)30-33-25-10-4-5-11-26(25)34-30)18-35-27-12-6-3-8-22(27)24(17-29(37)38)21-7-1-2-9-23(21)31(35)39/h1-16,24H,17-18H2,(H,32,36)(H,33,34)(H,37,38). The number of hydrogen-bond donors (Lipinski definition) is 3. The van der Waals surface area contributed by atoms with Gasteiger partial charge in [0.05, 0.1) is 17.5 Å². The number of hydrogen-bond acceptors (Lipinski definition) is 4. The lowest BCUT2D eigenvalue weighted by Gasteiger charge is -2.23. The van der Waals surface area contributed by atoms with Crippen LogP contribution >= 0.6 is 0 Å². The summed E-state index contributed by atoms with van der Waals surface area (Å²) in [6, 6.07) is 29.3. The predicted octanol–water partition coefficient (Wildman–Crippen LogP) is 5.44. The van der Waals surface area contributed by atoms with Crippen LogP contribution in [0.5, 0.6) is 0 Å². The van der Waals surface area contributed by atoms with Crippen molar-refractivity contribution in [1.29, 1.82) is 0 Å². The van der Waals surface area contributed by atoms with Gasteiger partial charge in [0, 0.05) is 28.4 Å². The van der Waals surface area contributed by atoms with E-state index in [2.05, 4.69) is 15.3 Å². The zero-order valence-electron chi connectivity index (χ0n) is 20.8. The van der Waals surface area contributed by atoms with Crippen molar-refractivity contribution in [3.63, 3.8) is 0 Å². The lowest BCUT2D eigenvalue weighted by molar-refractivity contribution is -0.137. The van der Waals surface area contributed by atoms with Crippen molar-refractivity contribution in [2.24, 2.45) is 0 Å². The number of imidazole rings is 1. The van der Waals surface area contributed by atoms with E-state index in [1.807, 2.05) is 48.5 Å². The van der Waals surface area contributed by atoms with Crippen LogP contribution in [0.3, 0.4) is 0 Å². The third-order valence-corrected chi connectivity index (χ3v) is 6.93. The number of carbonyl (C=O) groups is 3. The summed E-state index contributed by atoms with van der Waals surface area (Å²) >= 11 is 0. The molecule has 8 heteroatoms. The van der Waals surface area contributed by atoms with Crippen molar-refractivity contribution >= 4 is 40.2 Å². The number of carboxylic acid groups (broad SMARTS) is 1. The molecule has 5 aromatic rings. The van der Waals surface area contributed by atoms with Crippen LogP contribution in [0.1, 0.15) is 33.8 Å². The number of carbonyl (C=O) groups excluding carboxylic acids is 2. The Morgan fingerprint density at radius 2 is 1.56 bits per heavy atom. The maximum Gasteiger partial charge on any atom is 0.304 e. The molecule has 192 valence electrons. The minimum absolute atomic E-state index is 0.168. The number of H-pyrrole nitrogens is 1. The molecule has 1 aromatic heterocycles. The van der Waals surface area contributed by atoms with Gasteiger partial charge in [-0.3, -0.25) is 19.3 Å². The molecule has 8 nitrogen and oxygen atoms in total. The molecule has 0 saturated carbocycles. The van der Waals surface area contributed by atoms with Gasteiger partial charge in [0.25, 0.3) is 5.91 Å². The van der Waals surface area contributed by atoms with Gasteiger partial charge in [0.1, 0.15) is 12.4 Å². The highest BCUT2D eigenvalue weighted by molar-refractivity contribution is 6.12. The van der Waals surface area contributed by atoms with Crippen LogP contribution in [0.15, 0.2) is 97.1 Å². The van der Waals surface area contributed by atoms with Gasteiger partial charge in [-0.2, -0.15) is 0 Å². The Kier molecular flexibility index (Phi) is 6.13. The number of aromatic nitrogens is 2. The molecule has 6 rings (SSSR count). The summed E-state index contributed by atoms with van der Waals surface area (Å²) in [6.45, 7) is -0.227. The SMILES string of the molecule is O=C(O)CC1c2ccccc2C(=O)N(CC(=O)Nc2ccc(-c3nc4ccccc4[nH]3)cc2)c2ccccc21. The lowest BCUT2D eigenvalue weighted by Crippen LogP contribution is -2.38. The highest BCUT2D eigenvalue weighted by Crippen LogP contribution is 2.40. The number of aliphatic carboxylic acids is 1. The lowest BCUT2D eigenvalue weighted by atomic mass is 9.86. The van der Waals surface area contributed by atoms with E-state index in [4.69, 9.17) is 0 Å². The first-order valence-corrected chi connectivity index (χ1v) is 12.5. The minimum Gasteiger partial charge on any atom is -0.481 e. The molecule has 3 N–H and O–H groups in total. The highest BCUT2D eigenvalue weighted by Gasteiger charge is 2.34. The van der Waals surface area contributed by atoms with E-state index in [1.54, 1.807) is 48.5 Å². The summed E-state index contributed by atoms with van der Waals surface area (Å²) in [5.41, 5.74) is 5.53. The van der Waals surface area contributed by atoms with E-state index in [0.717, 1.165) is 22.4 Å². The van der Waals surface area contributed by atoms with Gasteiger partial charge in [0.2, 0.25) is 5.91 Å². The molecule has 0 radical (unpaired) electrons. The molecule has 0 bridgehead atoms. The number of nitrogens with one attached hydrogen (secondary N) is 2. The van der Waals surface area contributed by atoms with Crippen LogP contribution in [0.25, 0.3) is 22.4 Å². The van der Waals surface area contributed by atoms with Crippen molar-refractivity contribution in [3.8, 4) is 11.4 Å². The third-order valence-electron chi connectivity index (χ3n) is 6.93. The van der Waals surface area contributed by atoms with Crippen LogP contribution < -0.4 is 10.2 Å². The third kappa shape index (κ3) is 4.64. The Morgan fingerprint density at radius 1 is 0.872 bits per heavy atom. The number of aromatic amines is 1. The molecule has 1 atom stereocenters. The quantitative estimate of drug-likeness (QED) is 0.278. The monoisotopic (exact) mass is 516 g/mol. The summed E-state index contributed by atoms with van der Waals surface area (Å²) in [4.78, 5) is 47.9. The van der Waals surface area contributed by atoms with E-state index in [1.165, 1.54) is 4.90 Å². The Morgan fingerprint density at radius 3 is 2.33 bits per heavy atom. The van der Waals surface area contributed by atoms with E-state index in [-0.39, 0.29) is 24.8 Å². The van der Waals surface area contributed by atoms with E-state index < -0.39 is 11.9 Å². The summed E-state index contributed by atoms with van der Waals surface area (Å²) in [5.74, 6) is -1.47.